The molecule has 2 amide bonds. The minimum absolute atomic E-state index is 0.164. The zero-order chi connectivity index (χ0) is 22.8. The van der Waals surface area contributed by atoms with Crippen molar-refractivity contribution in [2.75, 3.05) is 6.54 Å². The molecule has 2 saturated heterocycles. The van der Waals surface area contributed by atoms with E-state index in [1.807, 2.05) is 30.0 Å². The van der Waals surface area contributed by atoms with Crippen LogP contribution in [0, 0.1) is 12.8 Å². The van der Waals surface area contributed by atoms with E-state index >= 15 is 0 Å². The van der Waals surface area contributed by atoms with E-state index in [9.17, 15) is 22.8 Å². The van der Waals surface area contributed by atoms with Crippen LogP contribution in [-0.2, 0) is 20.9 Å². The largest absolute Gasteiger partial charge is 0.490 e. The van der Waals surface area contributed by atoms with Crippen LogP contribution >= 0.6 is 0 Å². The van der Waals surface area contributed by atoms with Crippen LogP contribution < -0.4 is 0 Å². The number of halogens is 3. The molecule has 0 radical (unpaired) electrons. The van der Waals surface area contributed by atoms with Gasteiger partial charge in [-0.25, -0.2) is 4.79 Å². The van der Waals surface area contributed by atoms with Crippen molar-refractivity contribution in [1.29, 1.82) is 0 Å². The maximum Gasteiger partial charge on any atom is 0.490 e. The van der Waals surface area contributed by atoms with Crippen LogP contribution in [0.3, 0.4) is 0 Å². The molecule has 31 heavy (non-hydrogen) atoms. The number of hydrogen-bond acceptors (Lipinski definition) is 4. The van der Waals surface area contributed by atoms with E-state index in [2.05, 4.69) is 9.88 Å². The van der Waals surface area contributed by atoms with Crippen molar-refractivity contribution < 1.29 is 32.7 Å². The van der Waals surface area contributed by atoms with Gasteiger partial charge in [-0.1, -0.05) is 12.5 Å². The molecule has 1 aromatic heterocycles. The lowest BCUT2D eigenvalue weighted by Crippen LogP contribution is -2.54. The summed E-state index contributed by atoms with van der Waals surface area (Å²) in [6.07, 6.45) is 0.453. The Hall–Kier alpha value is -2.65. The van der Waals surface area contributed by atoms with Crippen molar-refractivity contribution in [3.8, 4) is 0 Å². The van der Waals surface area contributed by atoms with Crippen LogP contribution in [0.25, 0.3) is 0 Å². The third kappa shape index (κ3) is 5.34. The second-order valence-corrected chi connectivity index (χ2v) is 8.22. The summed E-state index contributed by atoms with van der Waals surface area (Å²) < 4.78 is 31.7. The van der Waals surface area contributed by atoms with E-state index in [0.29, 0.717) is 18.9 Å². The van der Waals surface area contributed by atoms with Crippen LogP contribution in [0.5, 0.6) is 0 Å². The number of carboxylic acids is 1. The number of likely N-dealkylation sites (tertiary alicyclic amines) is 2. The molecule has 1 aromatic rings. The number of pyridine rings is 1. The molecule has 7 nitrogen and oxygen atoms in total. The SMILES string of the molecule is Cc1cccc(CN2C(=O)CC[C@@H]3[C@H]2CCN3C(=O)C2CCC2)n1.O=C(O)C(F)(F)F. The third-order valence-electron chi connectivity index (χ3n) is 6.14. The Kier molecular flexibility index (Phi) is 6.86. The normalized spacial score (nSPS) is 23.5. The first-order valence-corrected chi connectivity index (χ1v) is 10.4. The monoisotopic (exact) mass is 441 g/mol. The number of aryl methyl sites for hydroxylation is 1. The second kappa shape index (κ2) is 9.23. The van der Waals surface area contributed by atoms with Crippen molar-refractivity contribution in [1.82, 2.24) is 14.8 Å². The fourth-order valence-corrected chi connectivity index (χ4v) is 4.38. The van der Waals surface area contributed by atoms with Crippen molar-refractivity contribution >= 4 is 17.8 Å². The van der Waals surface area contributed by atoms with E-state index in [0.717, 1.165) is 43.6 Å². The molecule has 10 heteroatoms. The Bertz CT molecular complexity index is 841. The highest BCUT2D eigenvalue weighted by Gasteiger charge is 2.46. The maximum atomic E-state index is 12.7. The van der Waals surface area contributed by atoms with E-state index in [4.69, 9.17) is 9.90 Å². The quantitative estimate of drug-likeness (QED) is 0.779. The molecule has 1 aliphatic carbocycles. The fraction of sp³-hybridized carbons (Fsp3) is 0.619. The third-order valence-corrected chi connectivity index (χ3v) is 6.14. The molecule has 0 bridgehead atoms. The number of carboxylic acid groups (broad SMARTS) is 1. The molecular weight excluding hydrogens is 415 g/mol. The van der Waals surface area contributed by atoms with Crippen molar-refractivity contribution in [3.05, 3.63) is 29.6 Å². The van der Waals surface area contributed by atoms with Gasteiger partial charge in [0.05, 0.1) is 24.3 Å². The summed E-state index contributed by atoms with van der Waals surface area (Å²) in [4.78, 5) is 42.7. The second-order valence-electron chi connectivity index (χ2n) is 8.22. The topological polar surface area (TPSA) is 90.8 Å². The van der Waals surface area contributed by atoms with Crippen molar-refractivity contribution in [2.45, 2.75) is 70.3 Å². The van der Waals surface area contributed by atoms with E-state index in [-0.39, 0.29) is 23.9 Å². The lowest BCUT2D eigenvalue weighted by atomic mass is 9.84. The van der Waals surface area contributed by atoms with Crippen LogP contribution in [0.1, 0.15) is 49.9 Å². The van der Waals surface area contributed by atoms with Crippen LogP contribution in [-0.4, -0.2) is 62.5 Å². The molecule has 0 aromatic carbocycles. The Labute approximate surface area is 178 Å². The van der Waals surface area contributed by atoms with E-state index in [1.54, 1.807) is 0 Å². The summed E-state index contributed by atoms with van der Waals surface area (Å²) in [6.45, 7) is 3.34. The summed E-state index contributed by atoms with van der Waals surface area (Å²) >= 11 is 0. The van der Waals surface area contributed by atoms with Gasteiger partial charge in [0.25, 0.3) is 0 Å². The highest BCUT2D eigenvalue weighted by molar-refractivity contribution is 5.82. The highest BCUT2D eigenvalue weighted by Crippen LogP contribution is 2.36. The van der Waals surface area contributed by atoms with Gasteiger partial charge in [-0.15, -0.1) is 0 Å². The van der Waals surface area contributed by atoms with Gasteiger partial charge < -0.3 is 14.9 Å². The molecule has 3 heterocycles. The molecular formula is C21H26F3N3O4. The number of fused-ring (bicyclic) bond motifs is 1. The number of piperidine rings is 1. The summed E-state index contributed by atoms with van der Waals surface area (Å²) in [5.74, 6) is -1.98. The Morgan fingerprint density at radius 3 is 2.39 bits per heavy atom. The number of nitrogens with zero attached hydrogens (tertiary/aromatic N) is 3. The van der Waals surface area contributed by atoms with Gasteiger partial charge in [0.1, 0.15) is 0 Å². The van der Waals surface area contributed by atoms with Gasteiger partial charge in [-0.05, 0) is 44.7 Å². The summed E-state index contributed by atoms with van der Waals surface area (Å²) in [6, 6.07) is 6.32. The Morgan fingerprint density at radius 1 is 1.16 bits per heavy atom. The predicted octanol–water partition coefficient (Wildman–Crippen LogP) is 2.92. The number of carbonyl (C=O) groups excluding carboxylic acids is 2. The summed E-state index contributed by atoms with van der Waals surface area (Å²) in [7, 11) is 0. The number of rotatable bonds is 3. The van der Waals surface area contributed by atoms with Gasteiger partial charge in [0.15, 0.2) is 0 Å². The number of hydrogen-bond donors (Lipinski definition) is 1. The first-order chi connectivity index (χ1) is 14.6. The first kappa shape index (κ1) is 23.0. The molecule has 2 aliphatic heterocycles. The summed E-state index contributed by atoms with van der Waals surface area (Å²) in [5, 5.41) is 7.12. The van der Waals surface area contributed by atoms with Crippen molar-refractivity contribution in [3.63, 3.8) is 0 Å². The van der Waals surface area contributed by atoms with Crippen LogP contribution in [0.2, 0.25) is 0 Å². The number of amides is 2. The Morgan fingerprint density at radius 2 is 1.84 bits per heavy atom. The standard InChI is InChI=1S/C19H25N3O2.C2HF3O2/c1-13-4-2-7-15(20-13)12-22-17-10-11-21(16(17)8-9-18(22)23)19(24)14-5-3-6-14;3-2(4,5)1(6)7/h2,4,7,14,16-17H,3,5-6,8-12H2,1H3;(H,6,7)/t16-,17-;/m1./s1. The van der Waals surface area contributed by atoms with Crippen LogP contribution in [0.15, 0.2) is 18.2 Å². The maximum absolute atomic E-state index is 12.7. The molecule has 2 atom stereocenters. The molecule has 1 N–H and O–H groups in total. The Balaban J connectivity index is 0.000000339. The zero-order valence-corrected chi connectivity index (χ0v) is 17.3. The molecule has 4 rings (SSSR count). The predicted molar refractivity (Wildman–Crippen MR) is 104 cm³/mol. The average Bonchev–Trinajstić information content (AvgIpc) is 3.07. The van der Waals surface area contributed by atoms with Gasteiger partial charge in [0.2, 0.25) is 11.8 Å². The fourth-order valence-electron chi connectivity index (χ4n) is 4.38. The van der Waals surface area contributed by atoms with Gasteiger partial charge in [-0.3, -0.25) is 14.6 Å². The molecule has 3 aliphatic rings. The number of carbonyl (C=O) groups is 3. The van der Waals surface area contributed by atoms with Gasteiger partial charge >= 0.3 is 12.1 Å². The van der Waals surface area contributed by atoms with Gasteiger partial charge in [-0.2, -0.15) is 13.2 Å². The van der Waals surface area contributed by atoms with Crippen molar-refractivity contribution in [2.24, 2.45) is 5.92 Å². The van der Waals surface area contributed by atoms with E-state index in [1.165, 1.54) is 6.42 Å². The smallest absolute Gasteiger partial charge is 0.475 e. The molecule has 170 valence electrons. The lowest BCUT2D eigenvalue weighted by Gasteiger charge is -2.41. The average molecular weight is 441 g/mol. The molecule has 0 spiro atoms. The number of aromatic nitrogens is 1. The minimum atomic E-state index is -5.08. The number of aliphatic carboxylic acids is 1. The highest BCUT2D eigenvalue weighted by atomic mass is 19.4. The van der Waals surface area contributed by atoms with E-state index < -0.39 is 12.1 Å². The minimum Gasteiger partial charge on any atom is -0.475 e. The first-order valence-electron chi connectivity index (χ1n) is 10.4. The zero-order valence-electron chi connectivity index (χ0n) is 17.3. The molecule has 3 fully saturated rings. The molecule has 1 saturated carbocycles. The lowest BCUT2D eigenvalue weighted by molar-refractivity contribution is -0.192. The van der Waals surface area contributed by atoms with Gasteiger partial charge in [0, 0.05) is 24.6 Å². The van der Waals surface area contributed by atoms with Crippen LogP contribution in [0.4, 0.5) is 13.2 Å². The molecule has 0 unspecified atom stereocenters. The summed E-state index contributed by atoms with van der Waals surface area (Å²) in [5.41, 5.74) is 1.91. The number of alkyl halides is 3.